The fourth-order valence-electron chi connectivity index (χ4n) is 2.23. The molecular formula is C13H16BrFO2. The van der Waals surface area contributed by atoms with Crippen LogP contribution in [0.5, 0.6) is 5.75 Å². The summed E-state index contributed by atoms with van der Waals surface area (Å²) in [5, 5.41) is 0. The molecule has 1 heterocycles. The number of hydrogen-bond acceptors (Lipinski definition) is 2. The Kier molecular flexibility index (Phi) is 4.05. The molecule has 0 aromatic heterocycles. The summed E-state index contributed by atoms with van der Waals surface area (Å²) in [6, 6.07) is 5.09. The van der Waals surface area contributed by atoms with Gasteiger partial charge in [0.05, 0.1) is 13.2 Å². The zero-order chi connectivity index (χ0) is 12.4. The van der Waals surface area contributed by atoms with Gasteiger partial charge in [-0.1, -0.05) is 22.0 Å². The van der Waals surface area contributed by atoms with Gasteiger partial charge in [0.2, 0.25) is 0 Å². The van der Waals surface area contributed by atoms with Gasteiger partial charge in [-0.05, 0) is 31.0 Å². The lowest BCUT2D eigenvalue weighted by Gasteiger charge is -2.21. The van der Waals surface area contributed by atoms with E-state index in [0.717, 1.165) is 18.6 Å². The van der Waals surface area contributed by atoms with E-state index in [1.165, 1.54) is 13.2 Å². The summed E-state index contributed by atoms with van der Waals surface area (Å²) in [7, 11) is 1.47. The maximum atomic E-state index is 13.6. The third kappa shape index (κ3) is 2.63. The first-order valence-corrected chi connectivity index (χ1v) is 6.64. The van der Waals surface area contributed by atoms with Crippen molar-refractivity contribution in [2.45, 2.75) is 24.3 Å². The second-order valence-corrected chi connectivity index (χ2v) is 5.31. The number of hydrogen-bond donors (Lipinski definition) is 0. The van der Waals surface area contributed by atoms with Gasteiger partial charge in [-0.3, -0.25) is 0 Å². The first-order valence-electron chi connectivity index (χ1n) is 5.72. The number of methoxy groups -OCH3 is 1. The van der Waals surface area contributed by atoms with Crippen LogP contribution in [0.1, 0.15) is 23.7 Å². The largest absolute Gasteiger partial charge is 0.494 e. The van der Waals surface area contributed by atoms with Crippen molar-refractivity contribution in [3.05, 3.63) is 29.6 Å². The summed E-state index contributed by atoms with van der Waals surface area (Å²) < 4.78 is 24.1. The van der Waals surface area contributed by atoms with E-state index in [2.05, 4.69) is 22.9 Å². The van der Waals surface area contributed by atoms with Gasteiger partial charge in [0, 0.05) is 17.4 Å². The number of halogens is 2. The summed E-state index contributed by atoms with van der Waals surface area (Å²) >= 11 is 3.65. The van der Waals surface area contributed by atoms with Crippen LogP contribution in [0.15, 0.2) is 18.2 Å². The topological polar surface area (TPSA) is 18.5 Å². The first-order chi connectivity index (χ1) is 8.13. The van der Waals surface area contributed by atoms with Gasteiger partial charge in [-0.25, -0.2) is 4.39 Å². The van der Waals surface area contributed by atoms with Crippen LogP contribution in [0.4, 0.5) is 4.39 Å². The lowest BCUT2D eigenvalue weighted by molar-refractivity contribution is 0.105. The summed E-state index contributed by atoms with van der Waals surface area (Å²) in [5.41, 5.74) is 0.936. The monoisotopic (exact) mass is 302 g/mol. The minimum absolute atomic E-state index is 0.125. The summed E-state index contributed by atoms with van der Waals surface area (Å²) in [5.74, 6) is 0.355. The van der Waals surface area contributed by atoms with Crippen molar-refractivity contribution >= 4 is 15.9 Å². The second-order valence-electron chi connectivity index (χ2n) is 4.32. The third-order valence-electron chi connectivity index (χ3n) is 3.31. The van der Waals surface area contributed by atoms with Gasteiger partial charge in [0.1, 0.15) is 0 Å². The van der Waals surface area contributed by atoms with Crippen molar-refractivity contribution in [3.8, 4) is 5.75 Å². The molecule has 0 aliphatic carbocycles. The lowest BCUT2D eigenvalue weighted by atomic mass is 9.94. The van der Waals surface area contributed by atoms with Gasteiger partial charge in [-0.15, -0.1) is 0 Å². The molecule has 1 aliphatic heterocycles. The molecule has 17 heavy (non-hydrogen) atoms. The van der Waals surface area contributed by atoms with Gasteiger partial charge >= 0.3 is 0 Å². The number of benzene rings is 1. The Morgan fingerprint density at radius 3 is 2.82 bits per heavy atom. The van der Waals surface area contributed by atoms with Crippen LogP contribution in [0.3, 0.4) is 0 Å². The quantitative estimate of drug-likeness (QED) is 0.793. The normalized spacial score (nSPS) is 25.9. The lowest BCUT2D eigenvalue weighted by Crippen LogP contribution is -2.16. The van der Waals surface area contributed by atoms with E-state index in [-0.39, 0.29) is 22.5 Å². The Morgan fingerprint density at radius 1 is 1.53 bits per heavy atom. The molecule has 3 unspecified atom stereocenters. The van der Waals surface area contributed by atoms with Crippen LogP contribution < -0.4 is 4.74 Å². The van der Waals surface area contributed by atoms with Gasteiger partial charge in [0.25, 0.3) is 0 Å². The molecule has 1 aromatic rings. The van der Waals surface area contributed by atoms with Crippen molar-refractivity contribution < 1.29 is 13.9 Å². The molecule has 0 bridgehead atoms. The molecule has 2 nitrogen and oxygen atoms in total. The highest BCUT2D eigenvalue weighted by Crippen LogP contribution is 2.40. The summed E-state index contributed by atoms with van der Waals surface area (Å²) in [6.07, 6.45) is 1.22. The Morgan fingerprint density at radius 2 is 2.29 bits per heavy atom. The van der Waals surface area contributed by atoms with Crippen LogP contribution in [-0.4, -0.2) is 19.8 Å². The Bertz CT molecular complexity index is 397. The van der Waals surface area contributed by atoms with E-state index in [1.807, 2.05) is 6.07 Å². The number of alkyl halides is 1. The molecule has 94 valence electrons. The fraction of sp³-hybridized carbons (Fsp3) is 0.538. The molecule has 2 rings (SSSR count). The first kappa shape index (κ1) is 12.8. The second kappa shape index (κ2) is 5.36. The van der Waals surface area contributed by atoms with Crippen molar-refractivity contribution in [1.82, 2.24) is 0 Å². The minimum Gasteiger partial charge on any atom is -0.494 e. The van der Waals surface area contributed by atoms with Gasteiger partial charge in [-0.2, -0.15) is 0 Å². The Balaban J connectivity index is 2.19. The molecule has 1 aliphatic rings. The summed E-state index contributed by atoms with van der Waals surface area (Å²) in [4.78, 5) is 0.125. The van der Waals surface area contributed by atoms with E-state index in [4.69, 9.17) is 9.47 Å². The third-order valence-corrected chi connectivity index (χ3v) is 4.51. The standard InChI is InChI=1S/C13H16BrFO2/c1-8-10(5-6-17-8)13(14)9-3-4-12(16-2)11(15)7-9/h3-4,7-8,10,13H,5-6H2,1-2H3. The Labute approximate surface area is 109 Å². The average Bonchev–Trinajstić information content (AvgIpc) is 2.74. The zero-order valence-electron chi connectivity index (χ0n) is 9.95. The molecule has 3 atom stereocenters. The molecule has 0 radical (unpaired) electrons. The molecule has 0 spiro atoms. The van der Waals surface area contributed by atoms with E-state index in [1.54, 1.807) is 6.07 Å². The molecule has 1 aromatic carbocycles. The van der Waals surface area contributed by atoms with Crippen LogP contribution in [0.2, 0.25) is 0 Å². The van der Waals surface area contributed by atoms with Crippen LogP contribution >= 0.6 is 15.9 Å². The van der Waals surface area contributed by atoms with E-state index >= 15 is 0 Å². The van der Waals surface area contributed by atoms with Crippen LogP contribution in [0.25, 0.3) is 0 Å². The highest BCUT2D eigenvalue weighted by molar-refractivity contribution is 9.09. The van der Waals surface area contributed by atoms with E-state index in [9.17, 15) is 4.39 Å². The highest BCUT2D eigenvalue weighted by Gasteiger charge is 2.31. The number of rotatable bonds is 3. The average molecular weight is 303 g/mol. The van der Waals surface area contributed by atoms with Crippen molar-refractivity contribution in [2.24, 2.45) is 5.92 Å². The smallest absolute Gasteiger partial charge is 0.165 e. The fourth-order valence-corrected chi connectivity index (χ4v) is 3.21. The predicted octanol–water partition coefficient (Wildman–Crippen LogP) is 3.70. The molecule has 0 amide bonds. The molecular weight excluding hydrogens is 287 g/mol. The zero-order valence-corrected chi connectivity index (χ0v) is 11.5. The van der Waals surface area contributed by atoms with E-state index in [0.29, 0.717) is 5.92 Å². The minimum atomic E-state index is -0.319. The van der Waals surface area contributed by atoms with Gasteiger partial charge in [0.15, 0.2) is 11.6 Å². The number of ether oxygens (including phenoxy) is 2. The highest BCUT2D eigenvalue weighted by atomic mass is 79.9. The molecule has 0 N–H and O–H groups in total. The van der Waals surface area contributed by atoms with Crippen molar-refractivity contribution in [3.63, 3.8) is 0 Å². The maximum Gasteiger partial charge on any atom is 0.165 e. The molecule has 0 saturated carbocycles. The van der Waals surface area contributed by atoms with Crippen molar-refractivity contribution in [1.29, 1.82) is 0 Å². The Hall–Kier alpha value is -0.610. The molecule has 1 fully saturated rings. The SMILES string of the molecule is COc1ccc(C(Br)C2CCOC2C)cc1F. The molecule has 4 heteroatoms. The van der Waals surface area contributed by atoms with Crippen molar-refractivity contribution in [2.75, 3.05) is 13.7 Å². The van der Waals surface area contributed by atoms with Crippen LogP contribution in [0, 0.1) is 11.7 Å². The maximum absolute atomic E-state index is 13.6. The summed E-state index contributed by atoms with van der Waals surface area (Å²) in [6.45, 7) is 2.85. The van der Waals surface area contributed by atoms with E-state index < -0.39 is 0 Å². The molecule has 1 saturated heterocycles. The van der Waals surface area contributed by atoms with Crippen LogP contribution in [-0.2, 0) is 4.74 Å². The van der Waals surface area contributed by atoms with Gasteiger partial charge < -0.3 is 9.47 Å². The predicted molar refractivity (Wildman–Crippen MR) is 68.1 cm³/mol.